The van der Waals surface area contributed by atoms with Crippen LogP contribution in [0.15, 0.2) is 36.4 Å². The second-order valence-electron chi connectivity index (χ2n) is 6.48. The van der Waals surface area contributed by atoms with E-state index in [-0.39, 0.29) is 12.1 Å². The maximum atomic E-state index is 12.9. The molecule has 0 saturated heterocycles. The molecule has 0 radical (unpaired) electrons. The molecule has 1 heterocycles. The molecule has 0 fully saturated rings. The van der Waals surface area contributed by atoms with Gasteiger partial charge < -0.3 is 10.1 Å². The van der Waals surface area contributed by atoms with Crippen LogP contribution in [0.25, 0.3) is 0 Å². The summed E-state index contributed by atoms with van der Waals surface area (Å²) in [6, 6.07) is 11.9. The molecule has 0 aromatic heterocycles. The number of hydrogen-bond acceptors (Lipinski definition) is 2. The number of aryl methyl sites for hydroxylation is 3. The van der Waals surface area contributed by atoms with Crippen molar-refractivity contribution in [2.45, 2.75) is 40.2 Å². The number of urea groups is 1. The summed E-state index contributed by atoms with van der Waals surface area (Å²) in [6.07, 6.45) is 0.880. The molecule has 2 aromatic rings. The van der Waals surface area contributed by atoms with Crippen LogP contribution in [-0.2, 0) is 0 Å². The molecule has 2 aromatic carbocycles. The van der Waals surface area contributed by atoms with E-state index in [1.807, 2.05) is 51.1 Å². The lowest BCUT2D eigenvalue weighted by atomic mass is 10.1. The van der Waals surface area contributed by atoms with Gasteiger partial charge in [0, 0.05) is 5.69 Å². The van der Waals surface area contributed by atoms with Gasteiger partial charge in [-0.2, -0.15) is 0 Å². The third kappa shape index (κ3) is 3.23. The van der Waals surface area contributed by atoms with Crippen LogP contribution in [-0.4, -0.2) is 18.7 Å². The van der Waals surface area contributed by atoms with Crippen LogP contribution >= 0.6 is 0 Å². The fourth-order valence-corrected chi connectivity index (χ4v) is 3.00. The van der Waals surface area contributed by atoms with Gasteiger partial charge >= 0.3 is 6.03 Å². The maximum absolute atomic E-state index is 12.9. The van der Waals surface area contributed by atoms with Crippen LogP contribution in [0.3, 0.4) is 0 Å². The number of rotatable bonds is 2. The first-order valence-electron chi connectivity index (χ1n) is 8.41. The predicted octanol–water partition coefficient (Wildman–Crippen LogP) is 4.82. The number of ether oxygens (including phenoxy) is 1. The molecule has 0 bridgehead atoms. The normalized spacial score (nSPS) is 16.3. The zero-order valence-corrected chi connectivity index (χ0v) is 14.7. The highest BCUT2D eigenvalue weighted by molar-refractivity contribution is 6.03. The average molecular weight is 324 g/mol. The number of hydrogen-bond donors (Lipinski definition) is 1. The Morgan fingerprint density at radius 3 is 2.58 bits per heavy atom. The summed E-state index contributed by atoms with van der Waals surface area (Å²) in [5.41, 5.74) is 5.04. The van der Waals surface area contributed by atoms with E-state index in [4.69, 9.17) is 4.74 Å². The van der Waals surface area contributed by atoms with E-state index >= 15 is 0 Å². The number of nitrogens with one attached hydrogen (secondary N) is 1. The van der Waals surface area contributed by atoms with Gasteiger partial charge in [-0.15, -0.1) is 0 Å². The zero-order valence-electron chi connectivity index (χ0n) is 14.7. The molecule has 0 unspecified atom stereocenters. The highest BCUT2D eigenvalue weighted by Crippen LogP contribution is 2.35. The lowest BCUT2D eigenvalue weighted by Crippen LogP contribution is -2.45. The molecule has 1 aliphatic rings. The fourth-order valence-electron chi connectivity index (χ4n) is 3.00. The van der Waals surface area contributed by atoms with Crippen molar-refractivity contribution in [1.29, 1.82) is 0 Å². The quantitative estimate of drug-likeness (QED) is 0.860. The molecule has 0 aliphatic carbocycles. The molecule has 2 amide bonds. The molecular formula is C20H24N2O2. The van der Waals surface area contributed by atoms with Crippen molar-refractivity contribution in [1.82, 2.24) is 0 Å². The Bertz CT molecular complexity index is 770. The molecule has 4 nitrogen and oxygen atoms in total. The van der Waals surface area contributed by atoms with Crippen LogP contribution in [0.5, 0.6) is 5.75 Å². The first kappa shape index (κ1) is 16.4. The Kier molecular flexibility index (Phi) is 4.47. The molecule has 4 heteroatoms. The topological polar surface area (TPSA) is 41.6 Å². The Hall–Kier alpha value is -2.49. The van der Waals surface area contributed by atoms with E-state index in [0.717, 1.165) is 34.7 Å². The predicted molar refractivity (Wildman–Crippen MR) is 98.2 cm³/mol. The second kappa shape index (κ2) is 6.56. The third-order valence-electron chi connectivity index (χ3n) is 4.41. The van der Waals surface area contributed by atoms with Crippen LogP contribution in [0.4, 0.5) is 16.2 Å². The van der Waals surface area contributed by atoms with Crippen molar-refractivity contribution in [3.05, 3.63) is 53.1 Å². The summed E-state index contributed by atoms with van der Waals surface area (Å²) in [5.74, 6) is 0.773. The molecular weight excluding hydrogens is 300 g/mol. The lowest BCUT2D eigenvalue weighted by Gasteiger charge is -2.35. The minimum absolute atomic E-state index is 0.0186. The van der Waals surface area contributed by atoms with Gasteiger partial charge in [-0.1, -0.05) is 30.7 Å². The largest absolute Gasteiger partial charge is 0.486 e. The smallest absolute Gasteiger partial charge is 0.326 e. The van der Waals surface area contributed by atoms with E-state index in [1.165, 1.54) is 5.56 Å². The molecule has 1 aliphatic heterocycles. The van der Waals surface area contributed by atoms with Gasteiger partial charge in [0.1, 0.15) is 11.9 Å². The minimum Gasteiger partial charge on any atom is -0.486 e. The maximum Gasteiger partial charge on any atom is 0.326 e. The number of amides is 2. The van der Waals surface area contributed by atoms with Gasteiger partial charge in [0.25, 0.3) is 0 Å². The van der Waals surface area contributed by atoms with Gasteiger partial charge in [0.05, 0.1) is 12.2 Å². The molecule has 0 spiro atoms. The summed E-state index contributed by atoms with van der Waals surface area (Å²) >= 11 is 0. The van der Waals surface area contributed by atoms with Gasteiger partial charge in [-0.25, -0.2) is 4.79 Å². The summed E-state index contributed by atoms with van der Waals surface area (Å²) in [5, 5.41) is 3.04. The average Bonchev–Trinajstić information content (AvgIpc) is 2.56. The van der Waals surface area contributed by atoms with Crippen molar-refractivity contribution >= 4 is 17.4 Å². The molecule has 126 valence electrons. The zero-order chi connectivity index (χ0) is 17.3. The number of anilines is 2. The Morgan fingerprint density at radius 2 is 1.88 bits per heavy atom. The van der Waals surface area contributed by atoms with Crippen LogP contribution in [0.1, 0.15) is 30.0 Å². The number of carbonyl (C=O) groups is 1. The van der Waals surface area contributed by atoms with Crippen LogP contribution < -0.4 is 15.0 Å². The van der Waals surface area contributed by atoms with Gasteiger partial charge in [0.2, 0.25) is 0 Å². The first-order chi connectivity index (χ1) is 11.5. The van der Waals surface area contributed by atoms with E-state index < -0.39 is 0 Å². The standard InChI is InChI=1S/C20H24N2O2/c1-5-16-12-22(18-11-14(3)7-9-19(18)24-16)20(23)21-17-8-6-13(2)10-15(17)4/h6-11,16H,5,12H2,1-4H3,(H,21,23)/t16-/m1/s1. The Labute approximate surface area is 143 Å². The number of benzene rings is 2. The van der Waals surface area contributed by atoms with Crippen molar-refractivity contribution in [3.8, 4) is 5.75 Å². The highest BCUT2D eigenvalue weighted by atomic mass is 16.5. The highest BCUT2D eigenvalue weighted by Gasteiger charge is 2.29. The summed E-state index contributed by atoms with van der Waals surface area (Å²) in [6.45, 7) is 8.71. The van der Waals surface area contributed by atoms with Gasteiger partial charge in [-0.05, 0) is 56.5 Å². The first-order valence-corrected chi connectivity index (χ1v) is 8.41. The Balaban J connectivity index is 1.90. The van der Waals surface area contributed by atoms with Crippen molar-refractivity contribution in [3.63, 3.8) is 0 Å². The molecule has 3 rings (SSSR count). The van der Waals surface area contributed by atoms with E-state index in [1.54, 1.807) is 4.90 Å². The van der Waals surface area contributed by atoms with E-state index in [9.17, 15) is 4.79 Å². The minimum atomic E-state index is -0.115. The van der Waals surface area contributed by atoms with Crippen LogP contribution in [0, 0.1) is 20.8 Å². The van der Waals surface area contributed by atoms with E-state index in [2.05, 4.69) is 18.3 Å². The fraction of sp³-hybridized carbons (Fsp3) is 0.350. The lowest BCUT2D eigenvalue weighted by molar-refractivity contribution is 0.188. The summed E-state index contributed by atoms with van der Waals surface area (Å²) in [7, 11) is 0. The SMILES string of the molecule is CC[C@@H]1CN(C(=O)Nc2ccc(C)cc2C)c2cc(C)ccc2O1. The molecule has 0 saturated carbocycles. The van der Waals surface area contributed by atoms with Crippen molar-refractivity contribution < 1.29 is 9.53 Å². The van der Waals surface area contributed by atoms with Crippen LogP contribution in [0.2, 0.25) is 0 Å². The summed E-state index contributed by atoms with van der Waals surface area (Å²) in [4.78, 5) is 14.7. The van der Waals surface area contributed by atoms with Crippen molar-refractivity contribution in [2.24, 2.45) is 0 Å². The molecule has 1 atom stereocenters. The monoisotopic (exact) mass is 324 g/mol. The number of nitrogens with zero attached hydrogens (tertiary/aromatic N) is 1. The summed E-state index contributed by atoms with van der Waals surface area (Å²) < 4.78 is 5.98. The number of carbonyl (C=O) groups excluding carboxylic acids is 1. The van der Waals surface area contributed by atoms with Gasteiger partial charge in [0.15, 0.2) is 0 Å². The second-order valence-corrected chi connectivity index (χ2v) is 6.48. The molecule has 1 N–H and O–H groups in total. The van der Waals surface area contributed by atoms with E-state index in [0.29, 0.717) is 6.54 Å². The van der Waals surface area contributed by atoms with Gasteiger partial charge in [-0.3, -0.25) is 4.90 Å². The number of fused-ring (bicyclic) bond motifs is 1. The Morgan fingerprint density at radius 1 is 1.17 bits per heavy atom. The third-order valence-corrected chi connectivity index (χ3v) is 4.41. The molecule has 24 heavy (non-hydrogen) atoms. The van der Waals surface area contributed by atoms with Crippen molar-refractivity contribution in [2.75, 3.05) is 16.8 Å².